The summed E-state index contributed by atoms with van der Waals surface area (Å²) in [6.45, 7) is 0. The Hall–Kier alpha value is -4.08. The molecule has 0 spiro atoms. The van der Waals surface area contributed by atoms with Crippen LogP contribution in [0.15, 0.2) is 42.9 Å². The zero-order chi connectivity index (χ0) is 22.8. The van der Waals surface area contributed by atoms with Crippen molar-refractivity contribution in [3.05, 3.63) is 42.9 Å². The van der Waals surface area contributed by atoms with Crippen molar-refractivity contribution >= 4 is 17.1 Å². The van der Waals surface area contributed by atoms with Crippen molar-refractivity contribution in [3.8, 4) is 34.5 Å². The number of nitrogens with one attached hydrogen (secondary N) is 1. The van der Waals surface area contributed by atoms with E-state index in [-0.39, 0.29) is 12.0 Å². The quantitative estimate of drug-likeness (QED) is 0.456. The number of fused-ring (bicyclic) bond motifs is 1. The van der Waals surface area contributed by atoms with Crippen LogP contribution < -0.4 is 9.47 Å². The van der Waals surface area contributed by atoms with Gasteiger partial charge >= 0.3 is 5.97 Å². The number of carboxylic acid groups (broad SMARTS) is 1. The summed E-state index contributed by atoms with van der Waals surface area (Å²) < 4.78 is 11.1. The van der Waals surface area contributed by atoms with Gasteiger partial charge in [-0.05, 0) is 37.8 Å². The largest absolute Gasteiger partial charge is 0.481 e. The Kier molecular flexibility index (Phi) is 5.55. The zero-order valence-electron chi connectivity index (χ0n) is 17.9. The fourth-order valence-corrected chi connectivity index (χ4v) is 3.91. The second kappa shape index (κ2) is 8.81. The lowest BCUT2D eigenvalue weighted by molar-refractivity contribution is -0.143. The molecule has 4 aromatic rings. The van der Waals surface area contributed by atoms with Crippen molar-refractivity contribution in [2.75, 3.05) is 7.11 Å². The topological polar surface area (TPSA) is 136 Å². The Bertz CT molecular complexity index is 1260. The molecule has 10 nitrogen and oxygen atoms in total. The van der Waals surface area contributed by atoms with E-state index in [1.165, 1.54) is 0 Å². The smallest absolute Gasteiger partial charge is 0.306 e. The van der Waals surface area contributed by atoms with Crippen LogP contribution in [-0.4, -0.2) is 54.2 Å². The minimum absolute atomic E-state index is 0.00671. The molecule has 0 bridgehead atoms. The van der Waals surface area contributed by atoms with E-state index >= 15 is 0 Å². The Morgan fingerprint density at radius 1 is 0.939 bits per heavy atom. The third-order valence-corrected chi connectivity index (χ3v) is 5.76. The molecule has 0 aromatic carbocycles. The van der Waals surface area contributed by atoms with Crippen molar-refractivity contribution in [3.63, 3.8) is 0 Å². The van der Waals surface area contributed by atoms with E-state index in [0.29, 0.717) is 41.9 Å². The van der Waals surface area contributed by atoms with Gasteiger partial charge in [0.1, 0.15) is 11.9 Å². The molecule has 1 aliphatic carbocycles. The van der Waals surface area contributed by atoms with Gasteiger partial charge < -0.3 is 19.6 Å². The first-order valence-electron chi connectivity index (χ1n) is 10.7. The van der Waals surface area contributed by atoms with Gasteiger partial charge in [0.05, 0.1) is 24.1 Å². The molecular weight excluding hydrogens is 424 g/mol. The SMILES string of the molecule is COc1ccc2[nH]c(-c3cnc(-c4ccc(OC5CCC(C(=O)O)CC5)nc4)nc3)nc2n1. The number of rotatable bonds is 6. The molecule has 0 radical (unpaired) electrons. The molecule has 0 unspecified atom stereocenters. The first kappa shape index (κ1) is 20.8. The number of ether oxygens (including phenoxy) is 2. The summed E-state index contributed by atoms with van der Waals surface area (Å²) >= 11 is 0. The predicted octanol–water partition coefficient (Wildman–Crippen LogP) is 3.51. The van der Waals surface area contributed by atoms with E-state index in [0.717, 1.165) is 29.5 Å². The van der Waals surface area contributed by atoms with Gasteiger partial charge in [0, 0.05) is 36.3 Å². The minimum atomic E-state index is -0.723. The van der Waals surface area contributed by atoms with Gasteiger partial charge in [0.25, 0.3) is 0 Å². The Morgan fingerprint density at radius 3 is 2.33 bits per heavy atom. The van der Waals surface area contributed by atoms with E-state index < -0.39 is 5.97 Å². The highest BCUT2D eigenvalue weighted by Crippen LogP contribution is 2.28. The molecule has 0 atom stereocenters. The molecule has 0 amide bonds. The summed E-state index contributed by atoms with van der Waals surface area (Å²) in [6, 6.07) is 7.27. The van der Waals surface area contributed by atoms with Crippen LogP contribution in [0.4, 0.5) is 0 Å². The first-order chi connectivity index (χ1) is 16.1. The number of aromatic amines is 1. The van der Waals surface area contributed by atoms with Crippen LogP contribution in [0.5, 0.6) is 11.8 Å². The first-order valence-corrected chi connectivity index (χ1v) is 10.7. The fraction of sp³-hybridized carbons (Fsp3) is 0.304. The second-order valence-electron chi connectivity index (χ2n) is 7.92. The van der Waals surface area contributed by atoms with Gasteiger partial charge in [0.15, 0.2) is 11.5 Å². The summed E-state index contributed by atoms with van der Waals surface area (Å²) in [5, 5.41) is 9.11. The lowest BCUT2D eigenvalue weighted by Gasteiger charge is -2.26. The minimum Gasteiger partial charge on any atom is -0.481 e. The number of carbonyl (C=O) groups is 1. The molecule has 1 aliphatic rings. The molecular formula is C23H22N6O4. The summed E-state index contributed by atoms with van der Waals surface area (Å²) in [5.74, 6) is 1.19. The fourth-order valence-electron chi connectivity index (χ4n) is 3.91. The van der Waals surface area contributed by atoms with Gasteiger partial charge in [0.2, 0.25) is 11.8 Å². The maximum absolute atomic E-state index is 11.1. The van der Waals surface area contributed by atoms with Gasteiger partial charge in [-0.15, -0.1) is 0 Å². The van der Waals surface area contributed by atoms with Crippen LogP contribution in [0, 0.1) is 5.92 Å². The number of hydrogen-bond acceptors (Lipinski definition) is 8. The summed E-state index contributed by atoms with van der Waals surface area (Å²) in [7, 11) is 1.56. The molecule has 33 heavy (non-hydrogen) atoms. The highest BCUT2D eigenvalue weighted by Gasteiger charge is 2.27. The monoisotopic (exact) mass is 446 g/mol. The molecule has 2 N–H and O–H groups in total. The van der Waals surface area contributed by atoms with Gasteiger partial charge in [-0.25, -0.2) is 19.9 Å². The van der Waals surface area contributed by atoms with Crippen LogP contribution in [-0.2, 0) is 4.79 Å². The Morgan fingerprint density at radius 2 is 1.67 bits per heavy atom. The summed E-state index contributed by atoms with van der Waals surface area (Å²) in [6.07, 6.45) is 7.76. The van der Waals surface area contributed by atoms with Gasteiger partial charge in [-0.2, -0.15) is 4.98 Å². The maximum atomic E-state index is 11.1. The second-order valence-corrected chi connectivity index (χ2v) is 7.92. The number of pyridine rings is 2. The van der Waals surface area contributed by atoms with Crippen LogP contribution in [0.2, 0.25) is 0 Å². The normalized spacial score (nSPS) is 18.2. The van der Waals surface area contributed by atoms with E-state index in [2.05, 4.69) is 29.9 Å². The van der Waals surface area contributed by atoms with Crippen LogP contribution in [0.1, 0.15) is 25.7 Å². The Labute approximate surface area is 189 Å². The molecule has 10 heteroatoms. The molecule has 1 saturated carbocycles. The average Bonchev–Trinajstić information content (AvgIpc) is 3.28. The molecule has 0 aliphatic heterocycles. The molecule has 0 saturated heterocycles. The van der Waals surface area contributed by atoms with Crippen molar-refractivity contribution in [2.24, 2.45) is 5.92 Å². The number of nitrogens with zero attached hydrogens (tertiary/aromatic N) is 5. The third kappa shape index (κ3) is 4.45. The molecule has 4 aromatic heterocycles. The van der Waals surface area contributed by atoms with Crippen molar-refractivity contribution in [1.29, 1.82) is 0 Å². The van der Waals surface area contributed by atoms with Gasteiger partial charge in [-0.1, -0.05) is 0 Å². The lowest BCUT2D eigenvalue weighted by Crippen LogP contribution is -2.28. The van der Waals surface area contributed by atoms with Crippen molar-refractivity contribution in [1.82, 2.24) is 29.9 Å². The maximum Gasteiger partial charge on any atom is 0.306 e. The summed E-state index contributed by atoms with van der Waals surface area (Å²) in [4.78, 5) is 36.4. The number of methoxy groups -OCH3 is 1. The zero-order valence-corrected chi connectivity index (χ0v) is 17.9. The average molecular weight is 446 g/mol. The van der Waals surface area contributed by atoms with Crippen LogP contribution in [0.3, 0.4) is 0 Å². The van der Waals surface area contributed by atoms with Gasteiger partial charge in [-0.3, -0.25) is 4.79 Å². The third-order valence-electron chi connectivity index (χ3n) is 5.76. The van der Waals surface area contributed by atoms with E-state index in [9.17, 15) is 4.79 Å². The number of aromatic nitrogens is 6. The number of aliphatic carboxylic acids is 1. The van der Waals surface area contributed by atoms with Crippen LogP contribution >= 0.6 is 0 Å². The van der Waals surface area contributed by atoms with E-state index in [1.807, 2.05) is 12.1 Å². The van der Waals surface area contributed by atoms with E-state index in [1.54, 1.807) is 37.8 Å². The Balaban J connectivity index is 1.25. The van der Waals surface area contributed by atoms with E-state index in [4.69, 9.17) is 14.6 Å². The van der Waals surface area contributed by atoms with Crippen molar-refractivity contribution in [2.45, 2.75) is 31.8 Å². The molecule has 1 fully saturated rings. The standard InChI is InChI=1S/C23H22N6O4/c1-32-19-9-7-17-22(28-19)29-21(27-17)15-11-25-20(26-12-15)14-4-8-18(24-10-14)33-16-5-2-13(3-6-16)23(30)31/h4,7-13,16H,2-3,5-6H2,1H3,(H,30,31)(H,27,28,29). The molecule has 5 rings (SSSR count). The lowest BCUT2D eigenvalue weighted by atomic mass is 9.87. The number of H-pyrrole nitrogens is 1. The highest BCUT2D eigenvalue weighted by molar-refractivity contribution is 5.76. The van der Waals surface area contributed by atoms with Crippen LogP contribution in [0.25, 0.3) is 33.9 Å². The number of hydrogen-bond donors (Lipinski definition) is 2. The summed E-state index contributed by atoms with van der Waals surface area (Å²) in [5.41, 5.74) is 2.86. The molecule has 4 heterocycles. The molecule has 168 valence electrons. The van der Waals surface area contributed by atoms with Crippen molar-refractivity contribution < 1.29 is 19.4 Å². The predicted molar refractivity (Wildman–Crippen MR) is 119 cm³/mol. The number of carboxylic acids is 1. The number of imidazole rings is 1. The highest BCUT2D eigenvalue weighted by atomic mass is 16.5.